The van der Waals surface area contributed by atoms with Gasteiger partial charge in [0.1, 0.15) is 201 Å². The highest BCUT2D eigenvalue weighted by Gasteiger charge is 2.62. The Hall–Kier alpha value is -3.80. The molecule has 0 aliphatic carbocycles. The number of ether oxygens (including phenoxy) is 17. The summed E-state index contributed by atoms with van der Waals surface area (Å²) in [4.78, 5) is 52.6. The molecule has 0 radical (unpaired) electrons. The summed E-state index contributed by atoms with van der Waals surface area (Å²) in [5, 5.41) is 295. The second-order valence-corrected chi connectivity index (χ2v) is 28.9. The van der Waals surface area contributed by atoms with Crippen LogP contribution in [-0.2, 0) is 99.7 Å². The maximum atomic E-state index is 13.6. The van der Waals surface area contributed by atoms with E-state index in [1.54, 1.807) is 0 Å². The number of amides is 3. The van der Waals surface area contributed by atoms with Crippen LogP contribution in [0.1, 0.15) is 41.0 Å². The molecule has 0 unspecified atom stereocenters. The second kappa shape index (κ2) is 39.6. The summed E-state index contributed by atoms with van der Waals surface area (Å²) in [7, 11) is 0. The van der Waals surface area contributed by atoms with Crippen molar-refractivity contribution < 1.29 is 232 Å². The van der Waals surface area contributed by atoms with Crippen LogP contribution in [0, 0.1) is 0 Å². The number of hydrogen-bond acceptors (Lipinski definition) is 46. The van der Waals surface area contributed by atoms with Gasteiger partial charge in [-0.1, -0.05) is 0 Å². The first-order valence-electron chi connectivity index (χ1n) is 36.0. The maximum Gasteiger partial charge on any atom is 0.364 e. The van der Waals surface area contributed by atoms with Crippen molar-refractivity contribution >= 4 is 23.7 Å². The standard InChI is InChI=1S/C63H105N3O47/c1-14-30(77)38(85)44(91)57(99-14)111-52-40(87)33(80)21(8-68)102-60(52)108-47-24(11-71)104-55(28(36(47)83)65-17(4)73)97-12-25-35(82)51(46(93)59(105-25)107-48-23(10-70)101-54(94)43(90)42(48)89)110-56-29(66-18(5)74)37(84)49(109-61-53(41(88)34(81)22(9-69)103-61)112-58-45(92)39(86)31(78)15(2)100-58)26(106-56)13-98-63(62(95)96)6-19(75)27(64-16(3)72)50(113-63)32(79)20(76)7-67/h14-15,19-61,67-71,75-94H,6-13H2,1-5H3,(H,64,72)(H,65,73)(H,66,74)(H,95,96)/t14-,15-,19-,20+,21+,22+,23+,24+,25+,26+,27+,28+,29+,30+,31+,32+,33-,34-,35-,36+,37+,38+,39+,40-,41-,42+,43+,44-,45-,46+,47+,48+,49+,50+,51-,52+,53+,54-,55+,56-,57-,58-,59-,60-,61-,63+/m0/s1. The van der Waals surface area contributed by atoms with E-state index in [4.69, 9.17) is 80.5 Å². The largest absolute Gasteiger partial charge is 0.477 e. The van der Waals surface area contributed by atoms with Crippen LogP contribution in [0.4, 0.5) is 0 Å². The van der Waals surface area contributed by atoms with E-state index in [0.29, 0.717) is 0 Å². The van der Waals surface area contributed by atoms with Gasteiger partial charge in [-0.15, -0.1) is 0 Å². The molecule has 0 aromatic heterocycles. The molecule has 0 bridgehead atoms. The normalized spacial score (nSPS) is 49.2. The van der Waals surface area contributed by atoms with Gasteiger partial charge >= 0.3 is 5.97 Å². The van der Waals surface area contributed by atoms with Gasteiger partial charge in [0, 0.05) is 27.2 Å². The number of hydrogen-bond donors (Lipinski definition) is 29. The van der Waals surface area contributed by atoms with E-state index < -0.39 is 358 Å². The predicted octanol–water partition coefficient (Wildman–Crippen LogP) is -18.9. The molecule has 0 aromatic carbocycles. The van der Waals surface area contributed by atoms with Gasteiger partial charge in [-0.3, -0.25) is 14.4 Å². The molecule has 9 rings (SSSR count). The van der Waals surface area contributed by atoms with Gasteiger partial charge in [0.05, 0.1) is 70.6 Å². The number of carbonyl (C=O) groups excluding carboxylic acids is 3. The van der Waals surface area contributed by atoms with Gasteiger partial charge in [-0.05, 0) is 13.8 Å². The van der Waals surface area contributed by atoms with Gasteiger partial charge in [0.2, 0.25) is 17.7 Å². The summed E-state index contributed by atoms with van der Waals surface area (Å²) in [6, 6.07) is -5.93. The monoisotopic (exact) mass is 1660 g/mol. The van der Waals surface area contributed by atoms with E-state index >= 15 is 0 Å². The molecule has 9 saturated heterocycles. The maximum absolute atomic E-state index is 13.6. The van der Waals surface area contributed by atoms with E-state index in [1.165, 1.54) is 13.8 Å². The highest BCUT2D eigenvalue weighted by molar-refractivity contribution is 5.77. The summed E-state index contributed by atoms with van der Waals surface area (Å²) in [5.41, 5.74) is 0. The summed E-state index contributed by atoms with van der Waals surface area (Å²) in [6.45, 7) is -3.06. The van der Waals surface area contributed by atoms with Gasteiger partial charge in [0.25, 0.3) is 5.79 Å². The molecule has 9 heterocycles. The van der Waals surface area contributed by atoms with Crippen LogP contribution >= 0.6 is 0 Å². The number of aliphatic carboxylic acids is 1. The van der Waals surface area contributed by atoms with Crippen LogP contribution in [0.5, 0.6) is 0 Å². The number of carboxylic acid groups (broad SMARTS) is 1. The molecule has 0 spiro atoms. The number of aliphatic hydroxyl groups excluding tert-OH is 25. The number of rotatable bonds is 29. The third-order valence-corrected chi connectivity index (χ3v) is 20.9. The minimum atomic E-state index is -3.31. The fourth-order valence-electron chi connectivity index (χ4n) is 14.5. The highest BCUT2D eigenvalue weighted by atomic mass is 16.8. The molecule has 50 heteroatoms. The summed E-state index contributed by atoms with van der Waals surface area (Å²) < 4.78 is 100. The Morgan fingerprint density at radius 3 is 1.24 bits per heavy atom. The highest BCUT2D eigenvalue weighted by Crippen LogP contribution is 2.41. The molecule has 0 aromatic rings. The zero-order valence-electron chi connectivity index (χ0n) is 60.8. The van der Waals surface area contributed by atoms with Crippen LogP contribution < -0.4 is 16.0 Å². The Kier molecular flexibility index (Phi) is 32.6. The van der Waals surface area contributed by atoms with Crippen LogP contribution in [0.2, 0.25) is 0 Å². The molecule has 46 atom stereocenters. The van der Waals surface area contributed by atoms with E-state index in [1.807, 2.05) is 0 Å². The molecule has 29 N–H and O–H groups in total. The molecule has 9 fully saturated rings. The minimum absolute atomic E-state index is 0.852. The quantitative estimate of drug-likeness (QED) is 0.0331. The lowest BCUT2D eigenvalue weighted by atomic mass is 9.88. The Morgan fingerprint density at radius 2 is 0.770 bits per heavy atom. The van der Waals surface area contributed by atoms with Crippen molar-refractivity contribution in [3.8, 4) is 0 Å². The molecule has 50 nitrogen and oxygen atoms in total. The first-order valence-corrected chi connectivity index (χ1v) is 36.0. The van der Waals surface area contributed by atoms with E-state index in [-0.39, 0.29) is 0 Å². The van der Waals surface area contributed by atoms with Crippen molar-refractivity contribution in [3.63, 3.8) is 0 Å². The number of aliphatic hydroxyl groups is 25. The molecule has 654 valence electrons. The smallest absolute Gasteiger partial charge is 0.364 e. The number of carboxylic acids is 1. The van der Waals surface area contributed by atoms with Crippen molar-refractivity contribution in [3.05, 3.63) is 0 Å². The number of carbonyl (C=O) groups is 4. The minimum Gasteiger partial charge on any atom is -0.477 e. The van der Waals surface area contributed by atoms with E-state index in [0.717, 1.165) is 20.8 Å². The Bertz CT molecular complexity index is 3040. The SMILES string of the molecule is CC(=O)N[C@H]1[C@H](OC[C@H]2O[C@@H](O[C@H]3[C@H](O)[C@@H](O)[C@@H](O)O[C@@H]3CO)[C@H](O)[C@@H](O[C@@H]3O[C@H](CO[C@]4(C(=O)O)C[C@H](O)[C@@H](NC(C)=O)[C@H]([C@H](O)[C@H](O)CO)O4)[C@@H](O[C@@H]4O[C@H](CO)[C@H](O)[C@H](O)[C@H]4O[C@@H]4O[C@@H](C)[C@@H](O)[C@@H](O)[C@@H]4O)[C@H](O)[C@H]3NC(C)=O)[C@H]2O)O[C@H](CO)[C@@H](O[C@@H]2O[C@H](CO)[C@H](O)[C@H](O)[C@H]2O[C@@H]2O[C@@H](C)[C@@H](O)[C@@H](O)[C@@H]2O)[C@@H]1O. The van der Waals surface area contributed by atoms with Gasteiger partial charge < -0.3 is 229 Å². The lowest BCUT2D eigenvalue weighted by Gasteiger charge is -2.51. The Balaban J connectivity index is 1.07. The average Bonchev–Trinajstić information content (AvgIpc) is 0.752. The van der Waals surface area contributed by atoms with Crippen LogP contribution in [-0.4, -0.2) is 484 Å². The zero-order chi connectivity index (χ0) is 83.6. The van der Waals surface area contributed by atoms with Crippen molar-refractivity contribution in [2.45, 2.75) is 323 Å². The Morgan fingerprint density at radius 1 is 0.381 bits per heavy atom. The second-order valence-electron chi connectivity index (χ2n) is 28.9. The predicted molar refractivity (Wildman–Crippen MR) is 346 cm³/mol. The van der Waals surface area contributed by atoms with E-state index in [9.17, 15) is 152 Å². The number of nitrogens with one attached hydrogen (secondary N) is 3. The van der Waals surface area contributed by atoms with Crippen LogP contribution in [0.25, 0.3) is 0 Å². The van der Waals surface area contributed by atoms with Crippen LogP contribution in [0.15, 0.2) is 0 Å². The van der Waals surface area contributed by atoms with Gasteiger partial charge in [-0.25, -0.2) is 4.79 Å². The molecule has 113 heavy (non-hydrogen) atoms. The molecule has 0 saturated carbocycles. The van der Waals surface area contributed by atoms with Gasteiger partial charge in [0.15, 0.2) is 50.3 Å². The van der Waals surface area contributed by atoms with Crippen molar-refractivity contribution in [2.75, 3.05) is 46.2 Å². The first kappa shape index (κ1) is 93.1. The van der Waals surface area contributed by atoms with Crippen molar-refractivity contribution in [1.29, 1.82) is 0 Å². The summed E-state index contributed by atoms with van der Waals surface area (Å²) in [6.07, 6.45) is -89.5. The molecule has 9 aliphatic rings. The summed E-state index contributed by atoms with van der Waals surface area (Å²) in [5.74, 6) is -8.43. The third kappa shape index (κ3) is 20.3. The Labute approximate surface area is 639 Å². The lowest BCUT2D eigenvalue weighted by molar-refractivity contribution is -0.396. The van der Waals surface area contributed by atoms with Crippen molar-refractivity contribution in [1.82, 2.24) is 16.0 Å². The first-order chi connectivity index (χ1) is 53.2. The molecule has 9 aliphatic heterocycles. The topological polar surface area (TPSA) is 787 Å². The van der Waals surface area contributed by atoms with Gasteiger partial charge in [-0.2, -0.15) is 0 Å². The summed E-state index contributed by atoms with van der Waals surface area (Å²) >= 11 is 0. The molecular formula is C63H105N3O47. The zero-order valence-corrected chi connectivity index (χ0v) is 60.8. The average molecular weight is 1660 g/mol. The fraction of sp³-hybridized carbons (Fsp3) is 0.937. The van der Waals surface area contributed by atoms with E-state index in [2.05, 4.69) is 16.0 Å². The van der Waals surface area contributed by atoms with Crippen LogP contribution in [0.3, 0.4) is 0 Å². The molecular weight excluding hydrogens is 1550 g/mol. The third-order valence-electron chi connectivity index (χ3n) is 20.9. The van der Waals surface area contributed by atoms with Crippen molar-refractivity contribution in [2.24, 2.45) is 0 Å². The fourth-order valence-corrected chi connectivity index (χ4v) is 14.5. The lowest BCUT2D eigenvalue weighted by Crippen LogP contribution is -2.71. The molecule has 3 amide bonds.